The number of carbonyl (C=O) groups excluding carboxylic acids is 2. The van der Waals surface area contributed by atoms with Crippen LogP contribution in [0.4, 0.5) is 4.79 Å². The van der Waals surface area contributed by atoms with E-state index in [1.807, 2.05) is 38.1 Å². The van der Waals surface area contributed by atoms with Gasteiger partial charge >= 0.3 is 6.09 Å². The molecule has 2 aliphatic carbocycles. The van der Waals surface area contributed by atoms with Gasteiger partial charge in [-0.2, -0.15) is 0 Å². The molecule has 11 heteroatoms. The van der Waals surface area contributed by atoms with Gasteiger partial charge < -0.3 is 34.0 Å². The number of hydrogen-bond donors (Lipinski definition) is 2. The van der Waals surface area contributed by atoms with E-state index in [2.05, 4.69) is 12.7 Å². The van der Waals surface area contributed by atoms with Gasteiger partial charge in [-0.05, 0) is 93.7 Å². The molecule has 2 aromatic carbocycles. The zero-order chi connectivity index (χ0) is 37.8. The van der Waals surface area contributed by atoms with Crippen molar-refractivity contribution in [2.24, 2.45) is 22.9 Å². The number of hydrogen-bond acceptors (Lipinski definition) is 10. The summed E-state index contributed by atoms with van der Waals surface area (Å²) in [4.78, 5) is 32.9. The van der Waals surface area contributed by atoms with Crippen LogP contribution in [0.5, 0.6) is 17.2 Å². The fourth-order valence-corrected chi connectivity index (χ4v) is 8.46. The molecular weight excluding hydrogens is 676 g/mol. The van der Waals surface area contributed by atoms with Crippen LogP contribution < -0.4 is 9.47 Å². The van der Waals surface area contributed by atoms with E-state index in [9.17, 15) is 19.8 Å². The molecule has 3 aliphatic rings. The van der Waals surface area contributed by atoms with Gasteiger partial charge in [0.15, 0.2) is 0 Å². The normalized spacial score (nSPS) is 25.0. The number of carbonyl (C=O) groups is 2. The number of rotatable bonds is 20. The van der Waals surface area contributed by atoms with Gasteiger partial charge in [0.05, 0.1) is 24.8 Å². The van der Waals surface area contributed by atoms with Gasteiger partial charge in [-0.1, -0.05) is 49.2 Å². The Morgan fingerprint density at radius 1 is 1.04 bits per heavy atom. The van der Waals surface area contributed by atoms with Gasteiger partial charge in [-0.15, -0.1) is 6.58 Å². The van der Waals surface area contributed by atoms with Gasteiger partial charge in [-0.3, -0.25) is 9.69 Å². The Morgan fingerprint density at radius 2 is 1.81 bits per heavy atom. The maximum Gasteiger partial charge on any atom is 0.410 e. The van der Waals surface area contributed by atoms with Crippen LogP contribution in [0.2, 0.25) is 0 Å². The minimum atomic E-state index is -1.35. The van der Waals surface area contributed by atoms with Gasteiger partial charge in [0.1, 0.15) is 36.2 Å². The highest BCUT2D eigenvalue weighted by Crippen LogP contribution is 2.62. The molecule has 2 aromatic rings. The molecule has 0 bridgehead atoms. The number of nitrogens with zero attached hydrogens (tertiary/aromatic N) is 2. The number of unbranched alkanes of at least 4 members (excludes halogenated alkanes) is 2. The van der Waals surface area contributed by atoms with Crippen molar-refractivity contribution in [1.82, 2.24) is 4.90 Å². The highest BCUT2D eigenvalue weighted by Gasteiger charge is 2.65. The molecular formula is C42H56N2O9. The Bertz CT molecular complexity index is 1610. The highest BCUT2D eigenvalue weighted by atomic mass is 16.7. The van der Waals surface area contributed by atoms with Crippen molar-refractivity contribution in [3.63, 3.8) is 0 Å². The van der Waals surface area contributed by atoms with Crippen molar-refractivity contribution in [3.8, 4) is 17.2 Å². The van der Waals surface area contributed by atoms with E-state index in [0.717, 1.165) is 48.8 Å². The third-order valence-electron chi connectivity index (χ3n) is 10.5. The zero-order valence-electron chi connectivity index (χ0n) is 31.4. The summed E-state index contributed by atoms with van der Waals surface area (Å²) < 4.78 is 26.2. The number of oxime groups is 1. The largest absolute Gasteiger partial charge is 0.459 e. The van der Waals surface area contributed by atoms with E-state index in [4.69, 9.17) is 28.9 Å². The number of allylic oxidation sites excluding steroid dienone is 1. The molecule has 1 heterocycles. The molecule has 1 saturated carbocycles. The molecule has 11 nitrogen and oxygen atoms in total. The van der Waals surface area contributed by atoms with Crippen molar-refractivity contribution < 1.29 is 43.6 Å². The van der Waals surface area contributed by atoms with Crippen molar-refractivity contribution in [2.45, 2.75) is 89.9 Å². The van der Waals surface area contributed by atoms with E-state index in [1.54, 1.807) is 36.1 Å². The Kier molecular flexibility index (Phi) is 14.5. The number of benzene rings is 2. The maximum absolute atomic E-state index is 13.8. The molecule has 0 saturated heterocycles. The van der Waals surface area contributed by atoms with Gasteiger partial charge in [0, 0.05) is 43.2 Å². The lowest BCUT2D eigenvalue weighted by Crippen LogP contribution is -2.70. The van der Waals surface area contributed by atoms with Crippen LogP contribution in [0.1, 0.15) is 94.0 Å². The standard InChI is InChI=1S/C42H56N2O9/c1-5-20-44(41(48)49-7-3)38-27-36(43-51-8-4)34-25-30(15-9-11-21-45)33(17-10-12-22-46)39-35-26-32(52-31-16-13-14-29(24-31)28-47)18-19-37(35)53-42(38,40(34)39)50-23-6-2/h6,13-14,16,18-19,24-26,28,30,33,38-40,45-46H,2,5,7-12,15,17,20-23,27H2,1,3-4H3. The smallest absolute Gasteiger partial charge is 0.410 e. The molecule has 0 aromatic heterocycles. The molecule has 2 N–H and O–H groups in total. The average Bonchev–Trinajstić information content (AvgIpc) is 3.17. The second-order valence-corrected chi connectivity index (χ2v) is 13.9. The van der Waals surface area contributed by atoms with E-state index >= 15 is 0 Å². The lowest BCUT2D eigenvalue weighted by Gasteiger charge is -2.59. The lowest BCUT2D eigenvalue weighted by atomic mass is 9.55. The average molecular weight is 733 g/mol. The Labute approximate surface area is 313 Å². The van der Waals surface area contributed by atoms with Crippen molar-refractivity contribution in [1.29, 1.82) is 0 Å². The number of aliphatic hydroxyl groups is 2. The fourth-order valence-electron chi connectivity index (χ4n) is 8.46. The van der Waals surface area contributed by atoms with E-state index in [0.29, 0.717) is 61.6 Å². The van der Waals surface area contributed by atoms with E-state index < -0.39 is 23.8 Å². The summed E-state index contributed by atoms with van der Waals surface area (Å²) in [6.45, 7) is 11.1. The quantitative estimate of drug-likeness (QED) is 0.0605. The van der Waals surface area contributed by atoms with E-state index in [-0.39, 0.29) is 44.2 Å². The van der Waals surface area contributed by atoms with Gasteiger partial charge in [0.25, 0.3) is 0 Å². The van der Waals surface area contributed by atoms with Crippen molar-refractivity contribution in [2.75, 3.05) is 39.6 Å². The number of amides is 1. The zero-order valence-corrected chi connectivity index (χ0v) is 31.4. The minimum absolute atomic E-state index is 0.0753. The van der Waals surface area contributed by atoms with Crippen LogP contribution >= 0.6 is 0 Å². The SMILES string of the molecule is C=CCOC12Oc3ccc(Oc4cccc(C=O)c4)cc3C3C(CCCCO)C(CCCCO)C=C(C(=NOCC)CC1N(CCC)C(=O)OCC)C32. The Hall–Kier alpha value is -4.19. The molecule has 1 aliphatic heterocycles. The monoisotopic (exact) mass is 732 g/mol. The third-order valence-corrected chi connectivity index (χ3v) is 10.5. The summed E-state index contributed by atoms with van der Waals surface area (Å²) in [7, 11) is 0. The maximum atomic E-state index is 13.8. The first kappa shape index (κ1) is 40.0. The first-order chi connectivity index (χ1) is 25.9. The predicted molar refractivity (Wildman–Crippen MR) is 203 cm³/mol. The molecule has 288 valence electrons. The van der Waals surface area contributed by atoms with Crippen LogP contribution in [0, 0.1) is 17.8 Å². The van der Waals surface area contributed by atoms with Crippen LogP contribution in [0.3, 0.4) is 0 Å². The topological polar surface area (TPSA) is 136 Å². The summed E-state index contributed by atoms with van der Waals surface area (Å²) in [5, 5.41) is 24.3. The number of ether oxygens (including phenoxy) is 4. The van der Waals surface area contributed by atoms with Gasteiger partial charge in [0.2, 0.25) is 5.79 Å². The minimum Gasteiger partial charge on any atom is -0.459 e. The van der Waals surface area contributed by atoms with Crippen LogP contribution in [-0.4, -0.2) is 84.6 Å². The highest BCUT2D eigenvalue weighted by molar-refractivity contribution is 6.03. The predicted octanol–water partition coefficient (Wildman–Crippen LogP) is 7.81. The lowest BCUT2D eigenvalue weighted by molar-refractivity contribution is -0.255. The first-order valence-electron chi connectivity index (χ1n) is 19.3. The fraction of sp³-hybridized carbons (Fsp3) is 0.548. The number of aliphatic hydroxyl groups excluding tert-OH is 2. The van der Waals surface area contributed by atoms with Gasteiger partial charge in [-0.25, -0.2) is 4.79 Å². The molecule has 0 spiro atoms. The molecule has 1 amide bonds. The van der Waals surface area contributed by atoms with Crippen LogP contribution in [-0.2, 0) is 14.3 Å². The molecule has 6 unspecified atom stereocenters. The molecule has 6 atom stereocenters. The molecule has 0 radical (unpaired) electrons. The molecule has 1 fully saturated rings. The Balaban J connectivity index is 1.77. The second-order valence-electron chi connectivity index (χ2n) is 13.9. The third kappa shape index (κ3) is 8.79. The molecule has 53 heavy (non-hydrogen) atoms. The first-order valence-corrected chi connectivity index (χ1v) is 19.3. The summed E-state index contributed by atoms with van der Waals surface area (Å²) >= 11 is 0. The Morgan fingerprint density at radius 3 is 2.51 bits per heavy atom. The van der Waals surface area contributed by atoms with Crippen LogP contribution in [0.25, 0.3) is 0 Å². The van der Waals surface area contributed by atoms with Crippen LogP contribution in [0.15, 0.2) is 71.9 Å². The summed E-state index contributed by atoms with van der Waals surface area (Å²) in [5.41, 5.74) is 3.16. The summed E-state index contributed by atoms with van der Waals surface area (Å²) in [6, 6.07) is 12.2. The number of fused-ring (bicyclic) bond motifs is 2. The molecule has 5 rings (SSSR count). The second kappa shape index (κ2) is 19.2. The summed E-state index contributed by atoms with van der Waals surface area (Å²) in [5.74, 6) is -0.0328. The van der Waals surface area contributed by atoms with Crippen molar-refractivity contribution in [3.05, 3.63) is 77.9 Å². The number of aldehydes is 1. The summed E-state index contributed by atoms with van der Waals surface area (Å²) in [6.07, 6.45) is 10.0. The van der Waals surface area contributed by atoms with Crippen molar-refractivity contribution >= 4 is 18.1 Å². The van der Waals surface area contributed by atoms with E-state index in [1.165, 1.54) is 0 Å².